The number of rotatable bonds is 6. The molecule has 0 radical (unpaired) electrons. The molecule has 0 spiro atoms. The van der Waals surface area contributed by atoms with Crippen molar-refractivity contribution < 1.29 is 9.53 Å². The number of methoxy groups -OCH3 is 1. The third-order valence-electron chi connectivity index (χ3n) is 2.53. The minimum atomic E-state index is -0.196. The summed E-state index contributed by atoms with van der Waals surface area (Å²) in [5.41, 5.74) is 0.421. The van der Waals surface area contributed by atoms with Crippen molar-refractivity contribution in [3.63, 3.8) is 0 Å². The first-order valence-corrected chi connectivity index (χ1v) is 6.88. The summed E-state index contributed by atoms with van der Waals surface area (Å²) in [6.07, 6.45) is 0.279. The standard InChI is InChI=1S/C13H14BrClN2O2/c1-19-9-8-17(7-3-6-16)13(18)10-4-2-5-11(14)12(10)15/h2,4-5H,3,7-9H2,1H3. The molecule has 1 amide bonds. The van der Waals surface area contributed by atoms with E-state index in [9.17, 15) is 4.79 Å². The molecule has 0 aromatic heterocycles. The van der Waals surface area contributed by atoms with Crippen molar-refractivity contribution in [3.8, 4) is 6.07 Å². The second-order valence-electron chi connectivity index (χ2n) is 3.79. The van der Waals surface area contributed by atoms with Gasteiger partial charge in [-0.2, -0.15) is 5.26 Å². The molecule has 0 unspecified atom stereocenters. The largest absolute Gasteiger partial charge is 0.383 e. The van der Waals surface area contributed by atoms with Crippen LogP contribution in [0.15, 0.2) is 22.7 Å². The number of nitriles is 1. The Balaban J connectivity index is 2.91. The van der Waals surface area contributed by atoms with Gasteiger partial charge in [0.05, 0.1) is 29.7 Å². The summed E-state index contributed by atoms with van der Waals surface area (Å²) in [4.78, 5) is 14.0. The Kier molecular flexibility index (Phi) is 6.85. The molecule has 6 heteroatoms. The highest BCUT2D eigenvalue weighted by atomic mass is 79.9. The van der Waals surface area contributed by atoms with Crippen LogP contribution in [0, 0.1) is 11.3 Å². The second-order valence-corrected chi connectivity index (χ2v) is 5.03. The van der Waals surface area contributed by atoms with E-state index in [0.717, 1.165) is 0 Å². The van der Waals surface area contributed by atoms with Crippen molar-refractivity contribution in [1.82, 2.24) is 4.90 Å². The van der Waals surface area contributed by atoms with Crippen molar-refractivity contribution >= 4 is 33.4 Å². The van der Waals surface area contributed by atoms with Gasteiger partial charge in [0.15, 0.2) is 0 Å². The number of hydrogen-bond donors (Lipinski definition) is 0. The van der Waals surface area contributed by atoms with E-state index in [1.165, 1.54) is 0 Å². The fraction of sp³-hybridized carbons (Fsp3) is 0.385. The maximum atomic E-state index is 12.4. The van der Waals surface area contributed by atoms with E-state index < -0.39 is 0 Å². The Labute approximate surface area is 126 Å². The molecule has 19 heavy (non-hydrogen) atoms. The Morgan fingerprint density at radius 3 is 2.89 bits per heavy atom. The predicted molar refractivity (Wildman–Crippen MR) is 77.2 cm³/mol. The van der Waals surface area contributed by atoms with Gasteiger partial charge in [-0.1, -0.05) is 17.7 Å². The molecule has 0 N–H and O–H groups in total. The fourth-order valence-electron chi connectivity index (χ4n) is 1.54. The number of nitrogens with zero attached hydrogens (tertiary/aromatic N) is 2. The van der Waals surface area contributed by atoms with Gasteiger partial charge >= 0.3 is 0 Å². The highest BCUT2D eigenvalue weighted by molar-refractivity contribution is 9.10. The van der Waals surface area contributed by atoms with Crippen LogP contribution in [0.4, 0.5) is 0 Å². The molecule has 102 valence electrons. The predicted octanol–water partition coefficient (Wildman–Crippen LogP) is 3.10. The Morgan fingerprint density at radius 2 is 2.26 bits per heavy atom. The van der Waals surface area contributed by atoms with Gasteiger partial charge in [-0.15, -0.1) is 0 Å². The molecule has 0 fully saturated rings. The zero-order valence-corrected chi connectivity index (χ0v) is 12.9. The zero-order chi connectivity index (χ0) is 14.3. The van der Waals surface area contributed by atoms with E-state index in [4.69, 9.17) is 21.6 Å². The summed E-state index contributed by atoms with van der Waals surface area (Å²) in [5.74, 6) is -0.196. The normalized spacial score (nSPS) is 10.0. The van der Waals surface area contributed by atoms with Gasteiger partial charge in [0.2, 0.25) is 0 Å². The van der Waals surface area contributed by atoms with Gasteiger partial charge in [0, 0.05) is 24.7 Å². The number of carbonyl (C=O) groups excluding carboxylic acids is 1. The van der Waals surface area contributed by atoms with E-state index in [1.54, 1.807) is 30.2 Å². The van der Waals surface area contributed by atoms with Crippen molar-refractivity contribution in [2.75, 3.05) is 26.8 Å². The van der Waals surface area contributed by atoms with Gasteiger partial charge in [-0.3, -0.25) is 4.79 Å². The highest BCUT2D eigenvalue weighted by Crippen LogP contribution is 2.26. The average Bonchev–Trinajstić information content (AvgIpc) is 2.41. The van der Waals surface area contributed by atoms with Crippen LogP contribution in [0.2, 0.25) is 5.02 Å². The summed E-state index contributed by atoms with van der Waals surface area (Å²) in [6, 6.07) is 7.22. The lowest BCUT2D eigenvalue weighted by molar-refractivity contribution is 0.0700. The molecule has 0 atom stereocenters. The summed E-state index contributed by atoms with van der Waals surface area (Å²) in [7, 11) is 1.57. The molecule has 0 bridgehead atoms. The molecule has 0 saturated carbocycles. The molecule has 0 aliphatic carbocycles. The molecule has 0 saturated heterocycles. The molecule has 0 aliphatic rings. The van der Waals surface area contributed by atoms with Gasteiger partial charge in [0.1, 0.15) is 0 Å². The van der Waals surface area contributed by atoms with Crippen molar-refractivity contribution in [2.24, 2.45) is 0 Å². The van der Waals surface area contributed by atoms with Crippen LogP contribution in [0.1, 0.15) is 16.8 Å². The van der Waals surface area contributed by atoms with E-state index >= 15 is 0 Å². The zero-order valence-electron chi connectivity index (χ0n) is 10.5. The molecular formula is C13H14BrClN2O2. The van der Waals surface area contributed by atoms with Crippen LogP contribution in [0.3, 0.4) is 0 Å². The van der Waals surface area contributed by atoms with E-state index in [0.29, 0.717) is 34.8 Å². The van der Waals surface area contributed by atoms with E-state index in [2.05, 4.69) is 15.9 Å². The third-order valence-corrected chi connectivity index (χ3v) is 3.82. The number of amides is 1. The SMILES string of the molecule is COCCN(CCC#N)C(=O)c1cccc(Br)c1Cl. The van der Waals surface area contributed by atoms with Crippen LogP contribution >= 0.6 is 27.5 Å². The first-order valence-electron chi connectivity index (χ1n) is 5.71. The Morgan fingerprint density at radius 1 is 1.53 bits per heavy atom. The Hall–Kier alpha value is -1.09. The first kappa shape index (κ1) is 16.0. The molecule has 0 aliphatic heterocycles. The van der Waals surface area contributed by atoms with Gasteiger partial charge in [-0.05, 0) is 28.1 Å². The van der Waals surface area contributed by atoms with E-state index in [1.807, 2.05) is 6.07 Å². The maximum absolute atomic E-state index is 12.4. The molecule has 0 heterocycles. The lowest BCUT2D eigenvalue weighted by Crippen LogP contribution is -2.34. The number of benzene rings is 1. The van der Waals surface area contributed by atoms with Crippen LogP contribution < -0.4 is 0 Å². The van der Waals surface area contributed by atoms with Crippen LogP contribution in [-0.2, 0) is 4.74 Å². The quantitative estimate of drug-likeness (QED) is 0.796. The first-order chi connectivity index (χ1) is 9.11. The van der Waals surface area contributed by atoms with Crippen molar-refractivity contribution in [3.05, 3.63) is 33.3 Å². The van der Waals surface area contributed by atoms with Crippen molar-refractivity contribution in [2.45, 2.75) is 6.42 Å². The molecule has 4 nitrogen and oxygen atoms in total. The fourth-order valence-corrected chi connectivity index (χ4v) is 2.11. The summed E-state index contributed by atoms with van der Waals surface area (Å²) in [5, 5.41) is 9.02. The number of hydrogen-bond acceptors (Lipinski definition) is 3. The van der Waals surface area contributed by atoms with Crippen LogP contribution in [0.5, 0.6) is 0 Å². The lowest BCUT2D eigenvalue weighted by Gasteiger charge is -2.22. The second kappa shape index (κ2) is 8.16. The van der Waals surface area contributed by atoms with E-state index in [-0.39, 0.29) is 12.3 Å². The highest BCUT2D eigenvalue weighted by Gasteiger charge is 2.19. The molecule has 1 aromatic rings. The number of ether oxygens (including phenoxy) is 1. The van der Waals surface area contributed by atoms with Gasteiger partial charge in [-0.25, -0.2) is 0 Å². The summed E-state index contributed by atoms with van der Waals surface area (Å²) in [6.45, 7) is 1.21. The average molecular weight is 346 g/mol. The number of carbonyl (C=O) groups is 1. The molecule has 1 rings (SSSR count). The minimum Gasteiger partial charge on any atom is -0.383 e. The molecular weight excluding hydrogens is 332 g/mol. The van der Waals surface area contributed by atoms with Gasteiger partial charge in [0.25, 0.3) is 5.91 Å². The van der Waals surface area contributed by atoms with Gasteiger partial charge < -0.3 is 9.64 Å². The van der Waals surface area contributed by atoms with Crippen molar-refractivity contribution in [1.29, 1.82) is 5.26 Å². The Bertz CT molecular complexity index is 488. The lowest BCUT2D eigenvalue weighted by atomic mass is 10.2. The summed E-state index contributed by atoms with van der Waals surface area (Å²) >= 11 is 9.40. The number of halogens is 2. The monoisotopic (exact) mass is 344 g/mol. The summed E-state index contributed by atoms with van der Waals surface area (Å²) < 4.78 is 5.65. The maximum Gasteiger partial charge on any atom is 0.255 e. The van der Waals surface area contributed by atoms with Crippen LogP contribution in [-0.4, -0.2) is 37.6 Å². The minimum absolute atomic E-state index is 0.196. The smallest absolute Gasteiger partial charge is 0.255 e. The molecule has 1 aromatic carbocycles. The van der Waals surface area contributed by atoms with Crippen LogP contribution in [0.25, 0.3) is 0 Å². The third kappa shape index (κ3) is 4.50. The topological polar surface area (TPSA) is 53.3 Å².